The molecule has 0 radical (unpaired) electrons. The molecule has 1 aliphatic carbocycles. The number of halogens is 3. The summed E-state index contributed by atoms with van der Waals surface area (Å²) in [4.78, 5) is 0.0372. The molecule has 0 aromatic heterocycles. The standard InChI is InChI=1S/C14H18BrCl2NO2S/c1-10-3-2-6-14(8-10,9-15)18-21(19,20)13-7-11(16)4-5-12(13)17/h4-5,7,10,18H,2-3,6,8-9H2,1H3. The van der Waals surface area contributed by atoms with Crippen LogP contribution in [0.4, 0.5) is 0 Å². The highest BCUT2D eigenvalue weighted by Crippen LogP contribution is 2.35. The van der Waals surface area contributed by atoms with E-state index in [1.165, 1.54) is 12.1 Å². The molecule has 2 unspecified atom stereocenters. The summed E-state index contributed by atoms with van der Waals surface area (Å²) in [6, 6.07) is 4.47. The van der Waals surface area contributed by atoms with E-state index in [9.17, 15) is 8.42 Å². The average Bonchev–Trinajstić information content (AvgIpc) is 2.41. The van der Waals surface area contributed by atoms with E-state index in [4.69, 9.17) is 23.2 Å². The molecule has 0 spiro atoms. The summed E-state index contributed by atoms with van der Waals surface area (Å²) in [7, 11) is -3.70. The average molecular weight is 415 g/mol. The molecule has 1 N–H and O–H groups in total. The van der Waals surface area contributed by atoms with Crippen molar-refractivity contribution >= 4 is 49.2 Å². The minimum absolute atomic E-state index is 0.0372. The Hall–Kier alpha value is 0.190. The molecule has 1 saturated carbocycles. The number of benzene rings is 1. The number of hydrogen-bond acceptors (Lipinski definition) is 2. The third kappa shape index (κ3) is 4.14. The second kappa shape index (κ2) is 6.75. The van der Waals surface area contributed by atoms with Gasteiger partial charge in [0.2, 0.25) is 10.0 Å². The van der Waals surface area contributed by atoms with E-state index < -0.39 is 15.6 Å². The lowest BCUT2D eigenvalue weighted by Gasteiger charge is -2.39. The number of nitrogens with one attached hydrogen (secondary N) is 1. The monoisotopic (exact) mass is 413 g/mol. The van der Waals surface area contributed by atoms with Gasteiger partial charge in [-0.1, -0.05) is 58.9 Å². The Morgan fingerprint density at radius 1 is 1.43 bits per heavy atom. The van der Waals surface area contributed by atoms with Crippen LogP contribution in [0.25, 0.3) is 0 Å². The first-order valence-electron chi connectivity index (χ1n) is 6.83. The minimum Gasteiger partial charge on any atom is -0.207 e. The Balaban J connectivity index is 2.33. The van der Waals surface area contributed by atoms with Gasteiger partial charge in [-0.25, -0.2) is 13.1 Å². The number of sulfonamides is 1. The first-order chi connectivity index (χ1) is 9.78. The van der Waals surface area contributed by atoms with Gasteiger partial charge in [0.05, 0.1) is 5.02 Å². The lowest BCUT2D eigenvalue weighted by Crippen LogP contribution is -2.52. The Labute approximate surface area is 144 Å². The van der Waals surface area contributed by atoms with Gasteiger partial charge in [-0.2, -0.15) is 0 Å². The molecular weight excluding hydrogens is 397 g/mol. The molecular formula is C14H18BrCl2NO2S. The van der Waals surface area contributed by atoms with Gasteiger partial charge < -0.3 is 0 Å². The molecule has 0 aliphatic heterocycles. The zero-order valence-corrected chi connectivity index (χ0v) is 15.6. The summed E-state index contributed by atoms with van der Waals surface area (Å²) in [5, 5.41) is 1.12. The van der Waals surface area contributed by atoms with Crippen molar-refractivity contribution in [2.75, 3.05) is 5.33 Å². The largest absolute Gasteiger partial charge is 0.242 e. The van der Waals surface area contributed by atoms with Crippen LogP contribution >= 0.6 is 39.1 Å². The van der Waals surface area contributed by atoms with Gasteiger partial charge in [-0.3, -0.25) is 0 Å². The molecule has 1 aromatic carbocycles. The molecule has 1 aromatic rings. The van der Waals surface area contributed by atoms with Gasteiger partial charge >= 0.3 is 0 Å². The van der Waals surface area contributed by atoms with Gasteiger partial charge in [0.1, 0.15) is 4.90 Å². The van der Waals surface area contributed by atoms with Crippen LogP contribution in [-0.2, 0) is 10.0 Å². The van der Waals surface area contributed by atoms with Crippen molar-refractivity contribution in [2.24, 2.45) is 5.92 Å². The van der Waals surface area contributed by atoms with Crippen LogP contribution in [0.1, 0.15) is 32.6 Å². The van der Waals surface area contributed by atoms with Gasteiger partial charge in [-0.15, -0.1) is 0 Å². The summed E-state index contributed by atoms with van der Waals surface area (Å²) in [5.41, 5.74) is -0.456. The summed E-state index contributed by atoms with van der Waals surface area (Å²) in [6.07, 6.45) is 3.78. The molecule has 3 nitrogen and oxygen atoms in total. The fourth-order valence-electron chi connectivity index (χ4n) is 2.92. The predicted octanol–water partition coefficient (Wildman–Crippen LogP) is 4.62. The second-order valence-corrected chi connectivity index (χ2v) is 8.85. The zero-order chi connectivity index (χ0) is 15.7. The van der Waals surface area contributed by atoms with E-state index in [1.54, 1.807) is 6.07 Å². The zero-order valence-electron chi connectivity index (χ0n) is 11.7. The van der Waals surface area contributed by atoms with E-state index in [2.05, 4.69) is 27.6 Å². The number of hydrogen-bond donors (Lipinski definition) is 1. The highest BCUT2D eigenvalue weighted by molar-refractivity contribution is 9.09. The fraction of sp³-hybridized carbons (Fsp3) is 0.571. The van der Waals surface area contributed by atoms with Gasteiger partial charge in [0.25, 0.3) is 0 Å². The smallest absolute Gasteiger partial charge is 0.207 e. The summed E-state index contributed by atoms with van der Waals surface area (Å²) in [6.45, 7) is 2.15. The summed E-state index contributed by atoms with van der Waals surface area (Å²) >= 11 is 15.4. The van der Waals surface area contributed by atoms with Crippen LogP contribution in [0.15, 0.2) is 23.1 Å². The summed E-state index contributed by atoms with van der Waals surface area (Å²) in [5.74, 6) is 0.494. The molecule has 0 bridgehead atoms. The summed E-state index contributed by atoms with van der Waals surface area (Å²) < 4.78 is 28.2. The molecule has 1 aliphatic rings. The highest BCUT2D eigenvalue weighted by atomic mass is 79.9. The number of rotatable bonds is 4. The molecule has 0 heterocycles. The molecule has 21 heavy (non-hydrogen) atoms. The maximum Gasteiger partial charge on any atom is 0.242 e. The Morgan fingerprint density at radius 3 is 2.76 bits per heavy atom. The van der Waals surface area contributed by atoms with Crippen LogP contribution in [0, 0.1) is 5.92 Å². The van der Waals surface area contributed by atoms with Crippen LogP contribution in [-0.4, -0.2) is 19.3 Å². The predicted molar refractivity (Wildman–Crippen MR) is 90.9 cm³/mol. The maximum atomic E-state index is 12.7. The molecule has 0 saturated heterocycles. The van der Waals surface area contributed by atoms with E-state index in [1.807, 2.05) is 0 Å². The maximum absolute atomic E-state index is 12.7. The SMILES string of the molecule is CC1CCCC(CBr)(NS(=O)(=O)c2cc(Cl)ccc2Cl)C1. The third-order valence-electron chi connectivity index (χ3n) is 3.88. The van der Waals surface area contributed by atoms with Crippen LogP contribution < -0.4 is 4.72 Å². The normalized spacial score (nSPS) is 26.8. The molecule has 2 atom stereocenters. The lowest BCUT2D eigenvalue weighted by molar-refractivity contribution is 0.241. The fourth-order valence-corrected chi connectivity index (χ4v) is 5.96. The highest BCUT2D eigenvalue weighted by Gasteiger charge is 2.38. The van der Waals surface area contributed by atoms with Gasteiger partial charge in [0.15, 0.2) is 0 Å². The molecule has 7 heteroatoms. The molecule has 118 valence electrons. The Morgan fingerprint density at radius 2 is 2.14 bits per heavy atom. The van der Waals surface area contributed by atoms with Crippen molar-refractivity contribution in [3.8, 4) is 0 Å². The van der Waals surface area contributed by atoms with Crippen molar-refractivity contribution < 1.29 is 8.42 Å². The van der Waals surface area contributed by atoms with Gasteiger partial charge in [0, 0.05) is 15.9 Å². The van der Waals surface area contributed by atoms with Crippen molar-refractivity contribution in [1.82, 2.24) is 4.72 Å². The molecule has 2 rings (SSSR count). The minimum atomic E-state index is -3.70. The molecule has 1 fully saturated rings. The van der Waals surface area contributed by atoms with E-state index >= 15 is 0 Å². The number of alkyl halides is 1. The lowest BCUT2D eigenvalue weighted by atomic mass is 9.78. The topological polar surface area (TPSA) is 46.2 Å². The quantitative estimate of drug-likeness (QED) is 0.730. The van der Waals surface area contributed by atoms with Crippen LogP contribution in [0.5, 0.6) is 0 Å². The van der Waals surface area contributed by atoms with Crippen molar-refractivity contribution in [1.29, 1.82) is 0 Å². The van der Waals surface area contributed by atoms with Gasteiger partial charge in [-0.05, 0) is 37.0 Å². The first kappa shape index (κ1) is 17.5. The van der Waals surface area contributed by atoms with Crippen LogP contribution in [0.3, 0.4) is 0 Å². The Bertz CT molecular complexity index is 623. The van der Waals surface area contributed by atoms with Crippen LogP contribution in [0.2, 0.25) is 10.0 Å². The Kier molecular flexibility index (Phi) is 5.64. The van der Waals surface area contributed by atoms with E-state index in [0.717, 1.165) is 25.7 Å². The molecule has 0 amide bonds. The van der Waals surface area contributed by atoms with Crippen molar-refractivity contribution in [3.63, 3.8) is 0 Å². The second-order valence-electron chi connectivity index (χ2n) is 5.80. The van der Waals surface area contributed by atoms with Crippen molar-refractivity contribution in [3.05, 3.63) is 28.2 Å². The van der Waals surface area contributed by atoms with E-state index in [-0.39, 0.29) is 9.92 Å². The van der Waals surface area contributed by atoms with Crippen molar-refractivity contribution in [2.45, 2.75) is 43.0 Å². The first-order valence-corrected chi connectivity index (χ1v) is 10.2. The third-order valence-corrected chi connectivity index (χ3v) is 7.25. The van der Waals surface area contributed by atoms with E-state index in [0.29, 0.717) is 16.3 Å².